The fourth-order valence-corrected chi connectivity index (χ4v) is 4.20. The van der Waals surface area contributed by atoms with Gasteiger partial charge in [0.25, 0.3) is 0 Å². The molecule has 2 aliphatic rings. The predicted octanol–water partition coefficient (Wildman–Crippen LogP) is 5.95. The average Bonchev–Trinajstić information content (AvgIpc) is 2.42. The van der Waals surface area contributed by atoms with Crippen LogP contribution in [-0.2, 0) is 10.2 Å². The maximum Gasteiger partial charge on any atom is 0.143 e. The molecule has 0 bridgehead atoms. The summed E-state index contributed by atoms with van der Waals surface area (Å²) in [5.41, 5.74) is 0.801. The van der Waals surface area contributed by atoms with E-state index < -0.39 is 0 Å². The van der Waals surface area contributed by atoms with Gasteiger partial charge in [0.1, 0.15) is 5.78 Å². The molecule has 0 aromatic heterocycles. The molecule has 0 aliphatic heterocycles. The Balaban J connectivity index is 1.78. The van der Waals surface area contributed by atoms with Gasteiger partial charge in [0, 0.05) is 6.42 Å². The lowest BCUT2D eigenvalue weighted by Gasteiger charge is -2.42. The molecule has 0 atom stereocenters. The van der Waals surface area contributed by atoms with E-state index in [9.17, 15) is 4.79 Å². The molecule has 0 saturated heterocycles. The first-order chi connectivity index (χ1) is 10.1. The van der Waals surface area contributed by atoms with Crippen LogP contribution in [0.4, 0.5) is 0 Å². The summed E-state index contributed by atoms with van der Waals surface area (Å²) >= 11 is 12.2. The molecular weight excluding hydrogens is 303 g/mol. The van der Waals surface area contributed by atoms with Gasteiger partial charge in [-0.05, 0) is 36.5 Å². The van der Waals surface area contributed by atoms with Crippen LogP contribution in [0.15, 0.2) is 18.2 Å². The lowest BCUT2D eigenvalue weighted by molar-refractivity contribution is -0.128. The first-order valence-corrected chi connectivity index (χ1v) is 8.86. The second-order valence-electron chi connectivity index (χ2n) is 6.70. The quantitative estimate of drug-likeness (QED) is 0.668. The van der Waals surface area contributed by atoms with E-state index in [1.807, 2.05) is 18.2 Å². The first-order valence-electron chi connectivity index (χ1n) is 8.11. The summed E-state index contributed by atoms with van der Waals surface area (Å²) in [5.74, 6) is 1.03. The van der Waals surface area contributed by atoms with Crippen LogP contribution >= 0.6 is 23.2 Å². The van der Waals surface area contributed by atoms with Gasteiger partial charge in [-0.2, -0.15) is 0 Å². The Kier molecular flexibility index (Phi) is 4.61. The van der Waals surface area contributed by atoms with Crippen LogP contribution in [0.5, 0.6) is 0 Å². The lowest BCUT2D eigenvalue weighted by atomic mass is 9.60. The van der Waals surface area contributed by atoms with Crippen molar-refractivity contribution in [3.8, 4) is 0 Å². The smallest absolute Gasteiger partial charge is 0.143 e. The van der Waals surface area contributed by atoms with Gasteiger partial charge in [-0.15, -0.1) is 0 Å². The second kappa shape index (κ2) is 6.30. The van der Waals surface area contributed by atoms with E-state index in [4.69, 9.17) is 23.2 Å². The Hall–Kier alpha value is -0.530. The van der Waals surface area contributed by atoms with Crippen molar-refractivity contribution < 1.29 is 4.79 Å². The summed E-state index contributed by atoms with van der Waals surface area (Å²) in [6.07, 6.45) is 10.2. The Morgan fingerprint density at radius 1 is 1.05 bits per heavy atom. The van der Waals surface area contributed by atoms with Crippen molar-refractivity contribution in [1.29, 1.82) is 0 Å². The maximum atomic E-state index is 12.9. The fourth-order valence-electron chi connectivity index (χ4n) is 3.90. The van der Waals surface area contributed by atoms with Crippen molar-refractivity contribution >= 4 is 29.0 Å². The van der Waals surface area contributed by atoms with E-state index in [1.54, 1.807) is 0 Å². The number of halogens is 2. The molecule has 0 amide bonds. The summed E-state index contributed by atoms with van der Waals surface area (Å²) in [4.78, 5) is 12.9. The van der Waals surface area contributed by atoms with Crippen LogP contribution in [0.1, 0.15) is 63.4 Å². The average molecular weight is 325 g/mol. The number of ketones is 1. The zero-order valence-electron chi connectivity index (χ0n) is 12.3. The third-order valence-corrected chi connectivity index (χ3v) is 6.15. The minimum atomic E-state index is -0.272. The topological polar surface area (TPSA) is 17.1 Å². The van der Waals surface area contributed by atoms with E-state index in [2.05, 4.69) is 0 Å². The van der Waals surface area contributed by atoms with E-state index in [-0.39, 0.29) is 5.41 Å². The minimum Gasteiger partial charge on any atom is -0.299 e. The summed E-state index contributed by atoms with van der Waals surface area (Å²) in [6.45, 7) is 0. The van der Waals surface area contributed by atoms with Gasteiger partial charge < -0.3 is 0 Å². The molecule has 3 rings (SSSR count). The molecule has 0 N–H and O–H groups in total. The van der Waals surface area contributed by atoms with Gasteiger partial charge in [0.15, 0.2) is 0 Å². The highest BCUT2D eigenvalue weighted by Crippen LogP contribution is 2.47. The summed E-state index contributed by atoms with van der Waals surface area (Å²) in [5, 5.41) is 1.13. The molecule has 3 heteroatoms. The maximum absolute atomic E-state index is 12.9. The molecule has 21 heavy (non-hydrogen) atoms. The van der Waals surface area contributed by atoms with Crippen molar-refractivity contribution in [2.45, 2.75) is 63.2 Å². The van der Waals surface area contributed by atoms with Crippen molar-refractivity contribution in [3.05, 3.63) is 33.8 Å². The van der Waals surface area contributed by atoms with E-state index in [0.29, 0.717) is 21.7 Å². The van der Waals surface area contributed by atoms with Crippen LogP contribution in [-0.4, -0.2) is 5.78 Å². The van der Waals surface area contributed by atoms with Crippen molar-refractivity contribution in [3.63, 3.8) is 0 Å². The number of carbonyl (C=O) groups excluding carboxylic acids is 1. The normalized spacial score (nSPS) is 21.8. The largest absolute Gasteiger partial charge is 0.299 e. The molecule has 0 spiro atoms. The molecule has 1 aromatic carbocycles. The third-order valence-electron chi connectivity index (χ3n) is 5.41. The summed E-state index contributed by atoms with van der Waals surface area (Å²) < 4.78 is 0. The van der Waals surface area contributed by atoms with Crippen LogP contribution in [0, 0.1) is 5.92 Å². The second-order valence-corrected chi connectivity index (χ2v) is 7.51. The van der Waals surface area contributed by atoms with Gasteiger partial charge in [0.2, 0.25) is 0 Å². The Bertz CT molecular complexity index is 528. The standard InChI is InChI=1S/C18H22Cl2O/c19-15-8-7-14(12-16(15)20)18(9-4-10-18)17(21)11-13-5-2-1-3-6-13/h7-8,12-13H,1-6,9-11H2. The van der Waals surface area contributed by atoms with Gasteiger partial charge in [-0.25, -0.2) is 0 Å². The highest BCUT2D eigenvalue weighted by atomic mass is 35.5. The molecular formula is C18H22Cl2O. The molecule has 2 saturated carbocycles. The summed E-state index contributed by atoms with van der Waals surface area (Å²) in [6, 6.07) is 5.72. The number of hydrogen-bond acceptors (Lipinski definition) is 1. The SMILES string of the molecule is O=C(CC1CCCCC1)C1(c2ccc(Cl)c(Cl)c2)CCC1. The van der Waals surface area contributed by atoms with Crippen molar-refractivity contribution in [1.82, 2.24) is 0 Å². The van der Waals surface area contributed by atoms with Crippen molar-refractivity contribution in [2.24, 2.45) is 5.92 Å². The molecule has 0 unspecified atom stereocenters. The highest BCUT2D eigenvalue weighted by molar-refractivity contribution is 6.42. The van der Waals surface area contributed by atoms with Crippen molar-refractivity contribution in [2.75, 3.05) is 0 Å². The van der Waals surface area contributed by atoms with E-state index in [1.165, 1.54) is 32.1 Å². The fraction of sp³-hybridized carbons (Fsp3) is 0.611. The summed E-state index contributed by atoms with van der Waals surface area (Å²) in [7, 11) is 0. The molecule has 114 valence electrons. The Morgan fingerprint density at radius 3 is 2.33 bits per heavy atom. The Labute approximate surface area is 137 Å². The number of benzene rings is 1. The molecule has 2 fully saturated rings. The van der Waals surface area contributed by atoms with Crippen LogP contribution in [0.3, 0.4) is 0 Å². The van der Waals surface area contributed by atoms with E-state index >= 15 is 0 Å². The van der Waals surface area contributed by atoms with Gasteiger partial charge >= 0.3 is 0 Å². The monoisotopic (exact) mass is 324 g/mol. The van der Waals surface area contributed by atoms with E-state index in [0.717, 1.165) is 31.2 Å². The van der Waals surface area contributed by atoms with Gasteiger partial charge in [0.05, 0.1) is 15.5 Å². The highest BCUT2D eigenvalue weighted by Gasteiger charge is 2.45. The minimum absolute atomic E-state index is 0.272. The first kappa shape index (κ1) is 15.4. The number of carbonyl (C=O) groups is 1. The lowest BCUT2D eigenvalue weighted by Crippen LogP contribution is -2.43. The van der Waals surface area contributed by atoms with Crippen LogP contribution in [0.25, 0.3) is 0 Å². The van der Waals surface area contributed by atoms with Crippen LogP contribution < -0.4 is 0 Å². The predicted molar refractivity (Wildman–Crippen MR) is 88.2 cm³/mol. The molecule has 2 aliphatic carbocycles. The molecule has 1 aromatic rings. The zero-order valence-corrected chi connectivity index (χ0v) is 13.8. The van der Waals surface area contributed by atoms with Gasteiger partial charge in [-0.3, -0.25) is 4.79 Å². The molecule has 0 heterocycles. The zero-order chi connectivity index (χ0) is 14.9. The van der Waals surface area contributed by atoms with Crippen LogP contribution in [0.2, 0.25) is 10.0 Å². The molecule has 0 radical (unpaired) electrons. The third kappa shape index (κ3) is 3.00. The molecule has 1 nitrogen and oxygen atoms in total. The Morgan fingerprint density at radius 2 is 1.76 bits per heavy atom. The number of rotatable bonds is 4. The number of hydrogen-bond donors (Lipinski definition) is 0. The number of Topliss-reactive ketones (excluding diaryl/α,β-unsaturated/α-hetero) is 1. The van der Waals surface area contributed by atoms with Gasteiger partial charge in [-0.1, -0.05) is 67.8 Å².